The topological polar surface area (TPSA) is 47.4 Å². The van der Waals surface area contributed by atoms with Gasteiger partial charge in [-0.1, -0.05) is 44.2 Å². The molecule has 0 saturated heterocycles. The summed E-state index contributed by atoms with van der Waals surface area (Å²) >= 11 is 0. The molecule has 2 aromatic carbocycles. The summed E-state index contributed by atoms with van der Waals surface area (Å²) in [6.45, 7) is 9.14. The van der Waals surface area contributed by atoms with Gasteiger partial charge in [0.2, 0.25) is 5.91 Å². The maximum atomic E-state index is 13.8. The van der Waals surface area contributed by atoms with Crippen LogP contribution in [0.3, 0.4) is 0 Å². The van der Waals surface area contributed by atoms with Crippen LogP contribution in [-0.2, 0) is 28.9 Å². The van der Waals surface area contributed by atoms with E-state index in [4.69, 9.17) is 9.72 Å². The third kappa shape index (κ3) is 4.41. The largest absolute Gasteiger partial charge is 0.383 e. The monoisotopic (exact) mass is 407 g/mol. The SMILES string of the molecule is CCCc1nc2ccccc2n1CC(=O)N(c1c(C)cccc1CC)[C@@H](C)COC. The zero-order valence-corrected chi connectivity index (χ0v) is 18.8. The molecule has 0 radical (unpaired) electrons. The van der Waals surface area contributed by atoms with E-state index in [9.17, 15) is 4.79 Å². The molecule has 0 N–H and O–H groups in total. The number of amides is 1. The lowest BCUT2D eigenvalue weighted by atomic mass is 10.0. The number of aryl methyl sites for hydroxylation is 3. The van der Waals surface area contributed by atoms with Crippen molar-refractivity contribution < 1.29 is 9.53 Å². The minimum Gasteiger partial charge on any atom is -0.383 e. The Kier molecular flexibility index (Phi) is 7.27. The molecule has 0 unspecified atom stereocenters. The number of hydrogen-bond donors (Lipinski definition) is 0. The number of aromatic nitrogens is 2. The van der Waals surface area contributed by atoms with Crippen molar-refractivity contribution in [3.8, 4) is 0 Å². The van der Waals surface area contributed by atoms with Gasteiger partial charge in [0.25, 0.3) is 0 Å². The molecular weight excluding hydrogens is 374 g/mol. The molecule has 0 saturated carbocycles. The molecule has 1 amide bonds. The lowest BCUT2D eigenvalue weighted by Gasteiger charge is -2.32. The van der Waals surface area contributed by atoms with Crippen molar-refractivity contribution in [3.63, 3.8) is 0 Å². The number of para-hydroxylation sites is 3. The number of ether oxygens (including phenoxy) is 1. The summed E-state index contributed by atoms with van der Waals surface area (Å²) in [4.78, 5) is 20.5. The molecule has 160 valence electrons. The van der Waals surface area contributed by atoms with Gasteiger partial charge in [-0.05, 0) is 49.9 Å². The summed E-state index contributed by atoms with van der Waals surface area (Å²) in [5.41, 5.74) is 5.24. The summed E-state index contributed by atoms with van der Waals surface area (Å²) in [5, 5.41) is 0. The third-order valence-corrected chi connectivity index (χ3v) is 5.56. The van der Waals surface area contributed by atoms with Gasteiger partial charge in [-0.2, -0.15) is 0 Å². The molecule has 5 heteroatoms. The predicted molar refractivity (Wildman–Crippen MR) is 123 cm³/mol. The van der Waals surface area contributed by atoms with E-state index in [2.05, 4.69) is 43.5 Å². The number of methoxy groups -OCH3 is 1. The molecule has 5 nitrogen and oxygen atoms in total. The molecule has 1 heterocycles. The van der Waals surface area contributed by atoms with Gasteiger partial charge >= 0.3 is 0 Å². The van der Waals surface area contributed by atoms with Gasteiger partial charge in [-0.25, -0.2) is 4.98 Å². The lowest BCUT2D eigenvalue weighted by Crippen LogP contribution is -2.44. The Bertz CT molecular complexity index is 1010. The number of anilines is 1. The van der Waals surface area contributed by atoms with Crippen LogP contribution in [0.2, 0.25) is 0 Å². The second kappa shape index (κ2) is 9.90. The van der Waals surface area contributed by atoms with Crippen molar-refractivity contribution in [2.45, 2.75) is 59.5 Å². The van der Waals surface area contributed by atoms with E-state index < -0.39 is 0 Å². The minimum absolute atomic E-state index is 0.0593. The van der Waals surface area contributed by atoms with Crippen molar-refractivity contribution in [1.29, 1.82) is 0 Å². The van der Waals surface area contributed by atoms with Crippen LogP contribution in [0.4, 0.5) is 5.69 Å². The molecule has 0 aliphatic heterocycles. The van der Waals surface area contributed by atoms with E-state index in [0.717, 1.165) is 47.4 Å². The maximum Gasteiger partial charge on any atom is 0.247 e. The first kappa shape index (κ1) is 22.0. The second-order valence-electron chi connectivity index (χ2n) is 7.86. The van der Waals surface area contributed by atoms with Crippen LogP contribution in [0.15, 0.2) is 42.5 Å². The van der Waals surface area contributed by atoms with Crippen molar-refractivity contribution in [1.82, 2.24) is 9.55 Å². The normalized spacial score (nSPS) is 12.3. The van der Waals surface area contributed by atoms with E-state index in [1.807, 2.05) is 36.1 Å². The van der Waals surface area contributed by atoms with Crippen LogP contribution in [0.1, 0.15) is 44.1 Å². The van der Waals surface area contributed by atoms with Crippen LogP contribution in [0.5, 0.6) is 0 Å². The predicted octanol–water partition coefficient (Wildman–Crippen LogP) is 4.93. The lowest BCUT2D eigenvalue weighted by molar-refractivity contribution is -0.119. The van der Waals surface area contributed by atoms with Crippen molar-refractivity contribution >= 4 is 22.6 Å². The molecule has 1 aromatic heterocycles. The number of fused-ring (bicyclic) bond motifs is 1. The molecule has 3 rings (SSSR count). The zero-order valence-electron chi connectivity index (χ0n) is 18.8. The highest BCUT2D eigenvalue weighted by Gasteiger charge is 2.26. The Balaban J connectivity index is 2.06. The fourth-order valence-electron chi connectivity index (χ4n) is 4.18. The number of carbonyl (C=O) groups is 1. The highest BCUT2D eigenvalue weighted by Crippen LogP contribution is 2.29. The minimum atomic E-state index is -0.0710. The molecular formula is C25H33N3O2. The van der Waals surface area contributed by atoms with Crippen molar-refractivity contribution in [2.75, 3.05) is 18.6 Å². The Labute approximate surface area is 179 Å². The van der Waals surface area contributed by atoms with Gasteiger partial charge in [0, 0.05) is 13.5 Å². The molecule has 3 aromatic rings. The quantitative estimate of drug-likeness (QED) is 0.505. The summed E-state index contributed by atoms with van der Waals surface area (Å²) in [7, 11) is 1.68. The summed E-state index contributed by atoms with van der Waals surface area (Å²) in [5.74, 6) is 1.02. The highest BCUT2D eigenvalue weighted by atomic mass is 16.5. The van der Waals surface area contributed by atoms with Crippen molar-refractivity contribution in [2.24, 2.45) is 0 Å². The van der Waals surface area contributed by atoms with Gasteiger partial charge in [-0.3, -0.25) is 4.79 Å². The molecule has 30 heavy (non-hydrogen) atoms. The number of nitrogens with zero attached hydrogens (tertiary/aromatic N) is 3. The molecule has 0 fully saturated rings. The Morgan fingerprint density at radius 1 is 1.17 bits per heavy atom. The summed E-state index contributed by atoms with van der Waals surface area (Å²) < 4.78 is 7.51. The molecule has 1 atom stereocenters. The fraction of sp³-hybridized carbons (Fsp3) is 0.440. The van der Waals surface area contributed by atoms with E-state index in [-0.39, 0.29) is 18.5 Å². The summed E-state index contributed by atoms with van der Waals surface area (Å²) in [6.07, 6.45) is 2.70. The molecule has 0 aliphatic rings. The summed E-state index contributed by atoms with van der Waals surface area (Å²) in [6, 6.07) is 14.2. The van der Waals surface area contributed by atoms with E-state index in [1.165, 1.54) is 5.56 Å². The standard InChI is InChI=1S/C25H33N3O2/c1-6-11-23-26-21-14-8-9-15-22(21)27(23)16-24(29)28(19(4)17-30-5)25-18(3)12-10-13-20(25)7-2/h8-10,12-15,19H,6-7,11,16-17H2,1-5H3/t19-/m0/s1. The highest BCUT2D eigenvalue weighted by molar-refractivity contribution is 5.96. The average Bonchev–Trinajstić information content (AvgIpc) is 3.07. The first-order chi connectivity index (χ1) is 14.5. The molecule has 0 bridgehead atoms. The van der Waals surface area contributed by atoms with E-state index in [1.54, 1.807) is 7.11 Å². The Morgan fingerprint density at radius 3 is 2.63 bits per heavy atom. The van der Waals surface area contributed by atoms with Crippen LogP contribution in [0.25, 0.3) is 11.0 Å². The Morgan fingerprint density at radius 2 is 1.93 bits per heavy atom. The van der Waals surface area contributed by atoms with Gasteiger partial charge in [0.15, 0.2) is 0 Å². The smallest absolute Gasteiger partial charge is 0.247 e. The number of hydrogen-bond acceptors (Lipinski definition) is 3. The number of benzene rings is 2. The number of carbonyl (C=O) groups excluding carboxylic acids is 1. The van der Waals surface area contributed by atoms with Crippen LogP contribution in [0, 0.1) is 6.92 Å². The van der Waals surface area contributed by atoms with Gasteiger partial charge in [0.05, 0.1) is 29.4 Å². The first-order valence-corrected chi connectivity index (χ1v) is 10.8. The van der Waals surface area contributed by atoms with Gasteiger partial charge in [0.1, 0.15) is 12.4 Å². The maximum absolute atomic E-state index is 13.8. The molecule has 0 spiro atoms. The van der Waals surface area contributed by atoms with Crippen LogP contribution < -0.4 is 4.90 Å². The Hall–Kier alpha value is -2.66. The van der Waals surface area contributed by atoms with E-state index in [0.29, 0.717) is 6.61 Å². The average molecular weight is 408 g/mol. The van der Waals surface area contributed by atoms with Crippen LogP contribution in [-0.4, -0.2) is 35.2 Å². The third-order valence-electron chi connectivity index (χ3n) is 5.56. The number of imidazole rings is 1. The van der Waals surface area contributed by atoms with Gasteiger partial charge < -0.3 is 14.2 Å². The second-order valence-corrected chi connectivity index (χ2v) is 7.86. The van der Waals surface area contributed by atoms with E-state index >= 15 is 0 Å². The van der Waals surface area contributed by atoms with Gasteiger partial charge in [-0.15, -0.1) is 0 Å². The first-order valence-electron chi connectivity index (χ1n) is 10.8. The fourth-order valence-corrected chi connectivity index (χ4v) is 4.18. The van der Waals surface area contributed by atoms with Crippen LogP contribution >= 0.6 is 0 Å². The zero-order chi connectivity index (χ0) is 21.7. The van der Waals surface area contributed by atoms with Crippen molar-refractivity contribution in [3.05, 3.63) is 59.4 Å². The number of rotatable bonds is 9. The molecule has 0 aliphatic carbocycles.